The predicted molar refractivity (Wildman–Crippen MR) is 60.7 cm³/mol. The van der Waals surface area contributed by atoms with Gasteiger partial charge in [-0.05, 0) is 5.56 Å². The van der Waals surface area contributed by atoms with Gasteiger partial charge in [-0.1, -0.05) is 36.3 Å². The Balaban J connectivity index is 2.55. The van der Waals surface area contributed by atoms with Crippen molar-refractivity contribution >= 4 is 11.6 Å². The van der Waals surface area contributed by atoms with Crippen molar-refractivity contribution in [1.82, 2.24) is 0 Å². The normalized spacial score (nSPS) is 14.2. The van der Waals surface area contributed by atoms with Crippen LogP contribution in [0, 0.1) is 12.3 Å². The van der Waals surface area contributed by atoms with Crippen molar-refractivity contribution in [1.29, 1.82) is 0 Å². The van der Waals surface area contributed by atoms with Crippen molar-refractivity contribution in [3.63, 3.8) is 0 Å². The number of rotatable bonds is 5. The highest BCUT2D eigenvalue weighted by Gasteiger charge is 2.10. The van der Waals surface area contributed by atoms with Gasteiger partial charge in [0, 0.05) is 0 Å². The Labute approximate surface area is 94.8 Å². The number of ether oxygens (including phenoxy) is 1. The van der Waals surface area contributed by atoms with Crippen molar-refractivity contribution < 1.29 is 9.84 Å². The second kappa shape index (κ2) is 6.47. The summed E-state index contributed by atoms with van der Waals surface area (Å²) < 4.78 is 5.36. The highest BCUT2D eigenvalue weighted by Crippen LogP contribution is 2.16. The first-order valence-corrected chi connectivity index (χ1v) is 5.18. The van der Waals surface area contributed by atoms with E-state index in [1.165, 1.54) is 0 Å². The molecular weight excluding hydrogens is 212 g/mol. The Morgan fingerprint density at radius 2 is 2.07 bits per heavy atom. The minimum Gasteiger partial charge on any atom is -0.389 e. The molecule has 0 aliphatic heterocycles. The lowest BCUT2D eigenvalue weighted by molar-refractivity contribution is 0.0221. The van der Waals surface area contributed by atoms with E-state index in [0.717, 1.165) is 5.56 Å². The van der Waals surface area contributed by atoms with E-state index in [1.807, 2.05) is 30.3 Å². The number of benzene rings is 1. The third-order valence-corrected chi connectivity index (χ3v) is 2.24. The monoisotopic (exact) mass is 224 g/mol. The predicted octanol–water partition coefficient (Wildman–Crippen LogP) is 1.98. The van der Waals surface area contributed by atoms with Gasteiger partial charge in [-0.25, -0.2) is 0 Å². The number of terminal acetylenes is 1. The summed E-state index contributed by atoms with van der Waals surface area (Å²) in [6.07, 6.45) is 4.24. The number of alkyl halides is 1. The third kappa shape index (κ3) is 3.93. The zero-order valence-electron chi connectivity index (χ0n) is 8.27. The van der Waals surface area contributed by atoms with Crippen LogP contribution in [0.4, 0.5) is 0 Å². The molecule has 2 nitrogen and oxygen atoms in total. The number of halogens is 1. The van der Waals surface area contributed by atoms with Crippen LogP contribution in [0.3, 0.4) is 0 Å². The lowest BCUT2D eigenvalue weighted by atomic mass is 10.1. The lowest BCUT2D eigenvalue weighted by Gasteiger charge is -2.14. The maximum atomic E-state index is 9.22. The first kappa shape index (κ1) is 12.1. The molecule has 1 rings (SSSR count). The zero-order valence-corrected chi connectivity index (χ0v) is 9.02. The fourth-order valence-corrected chi connectivity index (χ4v) is 1.21. The zero-order chi connectivity index (χ0) is 11.1. The van der Waals surface area contributed by atoms with Gasteiger partial charge in [-0.2, -0.15) is 0 Å². The summed E-state index contributed by atoms with van der Waals surface area (Å²) in [5.74, 6) is 2.67. The number of hydrogen-bond acceptors (Lipinski definition) is 2. The molecule has 2 atom stereocenters. The fourth-order valence-electron chi connectivity index (χ4n) is 1.12. The molecule has 0 saturated heterocycles. The van der Waals surface area contributed by atoms with Gasteiger partial charge in [0.1, 0.15) is 6.10 Å². The van der Waals surface area contributed by atoms with E-state index in [0.29, 0.717) is 0 Å². The Hall–Kier alpha value is -1.01. The van der Waals surface area contributed by atoms with Gasteiger partial charge >= 0.3 is 0 Å². The maximum Gasteiger partial charge on any atom is 0.143 e. The SMILES string of the molecule is C#C[C@H](OCC(O)CCl)c1ccccc1. The average molecular weight is 225 g/mol. The van der Waals surface area contributed by atoms with Gasteiger partial charge in [0.05, 0.1) is 18.6 Å². The topological polar surface area (TPSA) is 29.5 Å². The Bertz CT molecular complexity index is 318. The standard InChI is InChI=1S/C12H13ClO2/c1-2-12(15-9-11(14)8-13)10-6-4-3-5-7-10/h1,3-7,11-12,14H,8-9H2/t11?,12-/m0/s1. The summed E-state index contributed by atoms with van der Waals surface area (Å²) in [5.41, 5.74) is 0.904. The molecule has 1 aromatic rings. The van der Waals surface area contributed by atoms with Gasteiger partial charge in [0.25, 0.3) is 0 Å². The molecule has 0 aliphatic carbocycles. The van der Waals surface area contributed by atoms with Crippen LogP contribution >= 0.6 is 11.6 Å². The molecular formula is C12H13ClO2. The molecule has 80 valence electrons. The number of hydrogen-bond donors (Lipinski definition) is 1. The van der Waals surface area contributed by atoms with Gasteiger partial charge in [0.2, 0.25) is 0 Å². The molecule has 0 bridgehead atoms. The fraction of sp³-hybridized carbons (Fsp3) is 0.333. The van der Waals surface area contributed by atoms with Crippen LogP contribution < -0.4 is 0 Å². The first-order chi connectivity index (χ1) is 7.27. The summed E-state index contributed by atoms with van der Waals surface area (Å²) in [4.78, 5) is 0. The Morgan fingerprint density at radius 3 is 2.60 bits per heavy atom. The quantitative estimate of drug-likeness (QED) is 0.612. The summed E-state index contributed by atoms with van der Waals surface area (Å²) in [6.45, 7) is 0.146. The van der Waals surface area contributed by atoms with E-state index in [4.69, 9.17) is 22.8 Å². The van der Waals surface area contributed by atoms with Crippen molar-refractivity contribution in [3.8, 4) is 12.3 Å². The molecule has 0 aromatic heterocycles. The summed E-state index contributed by atoms with van der Waals surface area (Å²) in [5, 5.41) is 9.22. The molecule has 0 heterocycles. The molecule has 0 saturated carbocycles. The van der Waals surface area contributed by atoms with Crippen molar-refractivity contribution in [3.05, 3.63) is 35.9 Å². The van der Waals surface area contributed by atoms with Gasteiger partial charge in [-0.15, -0.1) is 18.0 Å². The highest BCUT2D eigenvalue weighted by molar-refractivity contribution is 6.18. The van der Waals surface area contributed by atoms with Crippen molar-refractivity contribution in [2.45, 2.75) is 12.2 Å². The lowest BCUT2D eigenvalue weighted by Crippen LogP contribution is -2.18. The first-order valence-electron chi connectivity index (χ1n) is 4.64. The van der Waals surface area contributed by atoms with Crippen molar-refractivity contribution in [2.75, 3.05) is 12.5 Å². The minimum atomic E-state index is -0.675. The smallest absolute Gasteiger partial charge is 0.143 e. The van der Waals surface area contributed by atoms with Crippen LogP contribution in [-0.2, 0) is 4.74 Å². The van der Waals surface area contributed by atoms with Crippen LogP contribution in [0.5, 0.6) is 0 Å². The van der Waals surface area contributed by atoms with Gasteiger partial charge < -0.3 is 9.84 Å². The maximum absolute atomic E-state index is 9.22. The summed E-state index contributed by atoms with van der Waals surface area (Å²) in [7, 11) is 0. The molecule has 3 heteroatoms. The van der Waals surface area contributed by atoms with Gasteiger partial charge in [0.15, 0.2) is 0 Å². The third-order valence-electron chi connectivity index (χ3n) is 1.89. The number of aliphatic hydroxyl groups is 1. The van der Waals surface area contributed by atoms with Crippen LogP contribution in [0.15, 0.2) is 30.3 Å². The molecule has 0 amide bonds. The van der Waals surface area contributed by atoms with E-state index in [1.54, 1.807) is 0 Å². The second-order valence-electron chi connectivity index (χ2n) is 3.10. The number of aliphatic hydroxyl groups excluding tert-OH is 1. The average Bonchev–Trinajstić information content (AvgIpc) is 2.31. The van der Waals surface area contributed by atoms with E-state index >= 15 is 0 Å². The van der Waals surface area contributed by atoms with E-state index < -0.39 is 12.2 Å². The Kier molecular flexibility index (Phi) is 5.20. The molecule has 0 radical (unpaired) electrons. The summed E-state index contributed by atoms with van der Waals surface area (Å²) in [6, 6.07) is 9.46. The molecule has 1 N–H and O–H groups in total. The van der Waals surface area contributed by atoms with Crippen LogP contribution in [-0.4, -0.2) is 23.7 Å². The van der Waals surface area contributed by atoms with Crippen LogP contribution in [0.25, 0.3) is 0 Å². The Morgan fingerprint density at radius 1 is 1.40 bits per heavy atom. The second-order valence-corrected chi connectivity index (χ2v) is 3.41. The highest BCUT2D eigenvalue weighted by atomic mass is 35.5. The molecule has 0 fully saturated rings. The van der Waals surface area contributed by atoms with Crippen molar-refractivity contribution in [2.24, 2.45) is 0 Å². The summed E-state index contributed by atoms with van der Waals surface area (Å²) >= 11 is 5.44. The van der Waals surface area contributed by atoms with Crippen LogP contribution in [0.2, 0.25) is 0 Å². The van der Waals surface area contributed by atoms with E-state index in [-0.39, 0.29) is 12.5 Å². The molecule has 15 heavy (non-hydrogen) atoms. The van der Waals surface area contributed by atoms with Gasteiger partial charge in [-0.3, -0.25) is 0 Å². The van der Waals surface area contributed by atoms with E-state index in [2.05, 4.69) is 5.92 Å². The van der Waals surface area contributed by atoms with E-state index in [9.17, 15) is 5.11 Å². The molecule has 0 spiro atoms. The van der Waals surface area contributed by atoms with Crippen LogP contribution in [0.1, 0.15) is 11.7 Å². The largest absolute Gasteiger partial charge is 0.389 e. The molecule has 1 aromatic carbocycles. The molecule has 0 aliphatic rings. The molecule has 1 unspecified atom stereocenters. The minimum absolute atomic E-state index is 0.145.